The van der Waals surface area contributed by atoms with Gasteiger partial charge in [-0.25, -0.2) is 9.97 Å². The van der Waals surface area contributed by atoms with E-state index in [0.29, 0.717) is 41.5 Å². The number of rotatable bonds is 3. The molecular formula is C14H19N3O3S. The number of carboxylic acid groups (broad SMARTS) is 1. The maximum Gasteiger partial charge on any atom is 0.308 e. The lowest BCUT2D eigenvalue weighted by Gasteiger charge is -2.31. The van der Waals surface area contributed by atoms with E-state index in [4.69, 9.17) is 5.11 Å². The highest BCUT2D eigenvalue weighted by Crippen LogP contribution is 2.25. The molecule has 21 heavy (non-hydrogen) atoms. The van der Waals surface area contributed by atoms with Crippen molar-refractivity contribution in [1.29, 1.82) is 0 Å². The van der Waals surface area contributed by atoms with Crippen LogP contribution in [0.25, 0.3) is 0 Å². The van der Waals surface area contributed by atoms with Crippen molar-refractivity contribution in [2.45, 2.75) is 31.7 Å². The third-order valence-electron chi connectivity index (χ3n) is 3.63. The summed E-state index contributed by atoms with van der Waals surface area (Å²) in [5, 5.41) is 9.79. The lowest BCUT2D eigenvalue weighted by Crippen LogP contribution is -2.42. The number of thioether (sulfide) groups is 1. The lowest BCUT2D eigenvalue weighted by atomic mass is 9.97. The van der Waals surface area contributed by atoms with Gasteiger partial charge < -0.3 is 10.0 Å². The summed E-state index contributed by atoms with van der Waals surface area (Å²) >= 11 is 1.41. The van der Waals surface area contributed by atoms with E-state index in [1.165, 1.54) is 11.8 Å². The number of aromatic nitrogens is 2. The average molecular weight is 309 g/mol. The largest absolute Gasteiger partial charge is 0.481 e. The fourth-order valence-electron chi connectivity index (χ4n) is 2.60. The van der Waals surface area contributed by atoms with Crippen LogP contribution in [-0.2, 0) is 4.79 Å². The molecule has 1 fully saturated rings. The molecule has 1 aromatic rings. The number of hydrogen-bond acceptors (Lipinski definition) is 5. The molecule has 1 atom stereocenters. The predicted octanol–water partition coefficient (Wildman–Crippen LogP) is 1.75. The van der Waals surface area contributed by atoms with Crippen molar-refractivity contribution in [3.8, 4) is 0 Å². The smallest absolute Gasteiger partial charge is 0.308 e. The minimum atomic E-state index is -0.838. The summed E-state index contributed by atoms with van der Waals surface area (Å²) in [5.41, 5.74) is 1.15. The first-order chi connectivity index (χ1) is 9.93. The third kappa shape index (κ3) is 3.34. The summed E-state index contributed by atoms with van der Waals surface area (Å²) in [6, 6.07) is 0. The molecule has 2 rings (SSSR count). The average Bonchev–Trinajstić information content (AvgIpc) is 2.45. The van der Waals surface area contributed by atoms with Gasteiger partial charge >= 0.3 is 5.97 Å². The second-order valence-corrected chi connectivity index (χ2v) is 5.96. The molecule has 2 heterocycles. The first-order valence-electron chi connectivity index (χ1n) is 6.85. The van der Waals surface area contributed by atoms with Crippen LogP contribution in [0.5, 0.6) is 0 Å². The highest BCUT2D eigenvalue weighted by atomic mass is 32.2. The van der Waals surface area contributed by atoms with E-state index < -0.39 is 11.9 Å². The molecule has 1 N–H and O–H groups in total. The quantitative estimate of drug-likeness (QED) is 0.676. The third-order valence-corrected chi connectivity index (χ3v) is 4.32. The number of hydrogen-bond donors (Lipinski definition) is 1. The molecule has 0 aliphatic carbocycles. The molecule has 7 heteroatoms. The van der Waals surface area contributed by atoms with Crippen LogP contribution in [0, 0.1) is 19.8 Å². The van der Waals surface area contributed by atoms with Gasteiger partial charge in [0.15, 0.2) is 0 Å². The highest BCUT2D eigenvalue weighted by molar-refractivity contribution is 7.98. The highest BCUT2D eigenvalue weighted by Gasteiger charge is 2.30. The van der Waals surface area contributed by atoms with E-state index in [9.17, 15) is 9.59 Å². The first-order valence-corrected chi connectivity index (χ1v) is 8.07. The van der Waals surface area contributed by atoms with Gasteiger partial charge in [-0.3, -0.25) is 9.59 Å². The van der Waals surface area contributed by atoms with Crippen LogP contribution in [0.15, 0.2) is 5.03 Å². The van der Waals surface area contributed by atoms with Gasteiger partial charge in [0.2, 0.25) is 0 Å². The number of carboxylic acids is 1. The predicted molar refractivity (Wildman–Crippen MR) is 79.6 cm³/mol. The standard InChI is InChI=1S/C14H19N3O3S/c1-8-11(12(21-3)16-9(2)15-8)13(18)17-6-4-5-10(7-17)14(19)20/h10H,4-7H2,1-3H3,(H,19,20)/t10-/m0/s1. The molecule has 1 amide bonds. The molecule has 0 spiro atoms. The minimum absolute atomic E-state index is 0.164. The Kier molecular flexibility index (Phi) is 4.82. The molecule has 0 radical (unpaired) electrons. The minimum Gasteiger partial charge on any atom is -0.481 e. The molecule has 6 nitrogen and oxygen atoms in total. The summed E-state index contributed by atoms with van der Waals surface area (Å²) in [4.78, 5) is 34.0. The van der Waals surface area contributed by atoms with Gasteiger partial charge in [-0.05, 0) is 32.9 Å². The summed E-state index contributed by atoms with van der Waals surface area (Å²) in [6.45, 7) is 4.43. The number of carbonyl (C=O) groups excluding carboxylic acids is 1. The monoisotopic (exact) mass is 309 g/mol. The second kappa shape index (κ2) is 6.43. The lowest BCUT2D eigenvalue weighted by molar-refractivity contribution is -0.143. The van der Waals surface area contributed by atoms with E-state index in [0.717, 1.165) is 0 Å². The van der Waals surface area contributed by atoms with Crippen molar-refractivity contribution < 1.29 is 14.7 Å². The Balaban J connectivity index is 2.29. The first kappa shape index (κ1) is 15.8. The number of nitrogens with zero attached hydrogens (tertiary/aromatic N) is 3. The van der Waals surface area contributed by atoms with Crippen LogP contribution in [0.4, 0.5) is 0 Å². The molecule has 0 aromatic carbocycles. The van der Waals surface area contributed by atoms with Gasteiger partial charge in [-0.2, -0.15) is 0 Å². The maximum absolute atomic E-state index is 12.7. The number of aliphatic carboxylic acids is 1. The van der Waals surface area contributed by atoms with Crippen LogP contribution >= 0.6 is 11.8 Å². The van der Waals surface area contributed by atoms with Gasteiger partial charge in [-0.1, -0.05) is 0 Å². The Morgan fingerprint density at radius 3 is 2.67 bits per heavy atom. The van der Waals surface area contributed by atoms with Crippen LogP contribution in [0.3, 0.4) is 0 Å². The van der Waals surface area contributed by atoms with E-state index in [2.05, 4.69) is 9.97 Å². The van der Waals surface area contributed by atoms with Gasteiger partial charge in [-0.15, -0.1) is 11.8 Å². The van der Waals surface area contributed by atoms with Crippen molar-refractivity contribution in [2.24, 2.45) is 5.92 Å². The van der Waals surface area contributed by atoms with Crippen LogP contribution in [0.2, 0.25) is 0 Å². The number of piperidine rings is 1. The second-order valence-electron chi connectivity index (χ2n) is 5.17. The molecule has 0 saturated carbocycles. The Hall–Kier alpha value is -1.63. The molecule has 0 unspecified atom stereocenters. The van der Waals surface area contributed by atoms with Crippen molar-refractivity contribution in [2.75, 3.05) is 19.3 Å². The van der Waals surface area contributed by atoms with Crippen molar-refractivity contribution in [3.63, 3.8) is 0 Å². The number of amides is 1. The molecule has 1 saturated heterocycles. The number of aryl methyl sites for hydroxylation is 2. The SMILES string of the molecule is CSc1nc(C)nc(C)c1C(=O)N1CCC[C@H](C(=O)O)C1. The summed E-state index contributed by atoms with van der Waals surface area (Å²) < 4.78 is 0. The molecule has 1 aliphatic rings. The topological polar surface area (TPSA) is 83.4 Å². The maximum atomic E-state index is 12.7. The molecule has 1 aliphatic heterocycles. The van der Waals surface area contributed by atoms with Gasteiger partial charge in [0.25, 0.3) is 5.91 Å². The fourth-order valence-corrected chi connectivity index (χ4v) is 3.26. The summed E-state index contributed by atoms with van der Waals surface area (Å²) in [6.07, 6.45) is 3.20. The van der Waals surface area contributed by atoms with Crippen molar-refractivity contribution in [1.82, 2.24) is 14.9 Å². The molecule has 114 valence electrons. The zero-order valence-corrected chi connectivity index (χ0v) is 13.2. The van der Waals surface area contributed by atoms with Crippen LogP contribution < -0.4 is 0 Å². The Labute approximate surface area is 128 Å². The van der Waals surface area contributed by atoms with Crippen molar-refractivity contribution >= 4 is 23.6 Å². The van der Waals surface area contributed by atoms with Crippen molar-refractivity contribution in [3.05, 3.63) is 17.1 Å². The van der Waals surface area contributed by atoms with Gasteiger partial charge in [0.1, 0.15) is 10.9 Å². The summed E-state index contributed by atoms with van der Waals surface area (Å²) in [7, 11) is 0. The molecular weight excluding hydrogens is 290 g/mol. The van der Waals surface area contributed by atoms with E-state index in [1.54, 1.807) is 18.7 Å². The van der Waals surface area contributed by atoms with Gasteiger partial charge in [0.05, 0.1) is 17.2 Å². The summed E-state index contributed by atoms with van der Waals surface area (Å²) in [5.74, 6) is -0.847. The zero-order chi connectivity index (χ0) is 15.6. The Morgan fingerprint density at radius 2 is 2.05 bits per heavy atom. The zero-order valence-electron chi connectivity index (χ0n) is 12.4. The fraction of sp³-hybridized carbons (Fsp3) is 0.571. The molecule has 1 aromatic heterocycles. The Bertz CT molecular complexity index is 577. The Morgan fingerprint density at radius 1 is 1.33 bits per heavy atom. The normalized spacial score (nSPS) is 18.6. The van der Waals surface area contributed by atoms with E-state index >= 15 is 0 Å². The van der Waals surface area contributed by atoms with Crippen LogP contribution in [-0.4, -0.2) is 51.2 Å². The van der Waals surface area contributed by atoms with E-state index in [1.807, 2.05) is 6.26 Å². The van der Waals surface area contributed by atoms with Crippen LogP contribution in [0.1, 0.15) is 34.7 Å². The molecule has 0 bridgehead atoms. The number of carbonyl (C=O) groups is 2. The van der Waals surface area contributed by atoms with E-state index in [-0.39, 0.29) is 12.5 Å². The van der Waals surface area contributed by atoms with Gasteiger partial charge in [0, 0.05) is 13.1 Å². The number of likely N-dealkylation sites (tertiary alicyclic amines) is 1.